The molecule has 0 aliphatic heterocycles. The van der Waals surface area contributed by atoms with Gasteiger partial charge in [-0.15, -0.1) is 0 Å². The number of hydrogen-bond donors (Lipinski definition) is 1. The summed E-state index contributed by atoms with van der Waals surface area (Å²) < 4.78 is 0. The normalized spacial score (nSPS) is 9.33. The first kappa shape index (κ1) is 6.29. The van der Waals surface area contributed by atoms with Gasteiger partial charge in [-0.3, -0.25) is 0 Å². The van der Waals surface area contributed by atoms with Gasteiger partial charge in [-0.1, -0.05) is 0 Å². The van der Waals surface area contributed by atoms with E-state index in [9.17, 15) is 4.79 Å². The molecule has 0 fully saturated rings. The van der Waals surface area contributed by atoms with Crippen molar-refractivity contribution in [2.45, 2.75) is 5.75 Å². The predicted molar refractivity (Wildman–Crippen MR) is 36.6 cm³/mol. The molecular weight excluding hydrogens is 136 g/mol. The molecule has 0 aromatic carbocycles. The standard InChI is InChI=1S/C6H6O2S/c7-6(8)5-9-3-1-2-4-9/h1-4H,5H2/p+1. The quantitative estimate of drug-likeness (QED) is 0.637. The Kier molecular flexibility index (Phi) is 1.85. The Morgan fingerprint density at radius 2 is 2.00 bits per heavy atom. The van der Waals surface area contributed by atoms with Crippen molar-refractivity contribution >= 4 is 16.4 Å². The van der Waals surface area contributed by atoms with Crippen LogP contribution in [0.1, 0.15) is 0 Å². The van der Waals surface area contributed by atoms with Crippen LogP contribution in [0.25, 0.3) is 0 Å². The van der Waals surface area contributed by atoms with Crippen molar-refractivity contribution in [3.05, 3.63) is 22.9 Å². The van der Waals surface area contributed by atoms with Crippen LogP contribution in [0.2, 0.25) is 0 Å². The minimum absolute atomic E-state index is 0.118. The third-order valence-electron chi connectivity index (χ3n) is 0.908. The summed E-state index contributed by atoms with van der Waals surface area (Å²) in [6.45, 7) is 0. The van der Waals surface area contributed by atoms with Crippen LogP contribution in [-0.4, -0.2) is 11.1 Å². The molecule has 0 unspecified atom stereocenters. The Morgan fingerprint density at radius 3 is 2.44 bits per heavy atom. The largest absolute Gasteiger partial charge is 0.477 e. The van der Waals surface area contributed by atoms with Crippen LogP contribution < -0.4 is 0 Å². The molecule has 0 aliphatic rings. The van der Waals surface area contributed by atoms with E-state index in [2.05, 4.69) is 0 Å². The van der Waals surface area contributed by atoms with Gasteiger partial charge in [-0.25, -0.2) is 4.79 Å². The molecule has 1 N–H and O–H groups in total. The molecule has 1 rings (SSSR count). The molecule has 0 bridgehead atoms. The van der Waals surface area contributed by atoms with E-state index < -0.39 is 5.97 Å². The van der Waals surface area contributed by atoms with E-state index in [0.717, 1.165) is 0 Å². The van der Waals surface area contributed by atoms with Crippen LogP contribution in [0.3, 0.4) is 0 Å². The first-order valence-electron chi connectivity index (χ1n) is 2.54. The second-order valence-corrected chi connectivity index (χ2v) is 3.44. The van der Waals surface area contributed by atoms with E-state index in [4.69, 9.17) is 5.11 Å². The molecule has 48 valence electrons. The van der Waals surface area contributed by atoms with Crippen LogP contribution >= 0.6 is 10.5 Å². The minimum Gasteiger partial charge on any atom is -0.477 e. The van der Waals surface area contributed by atoms with Gasteiger partial charge in [-0.05, 0) is 22.6 Å². The number of carboxylic acid groups (broad SMARTS) is 1. The van der Waals surface area contributed by atoms with Crippen LogP contribution in [0.5, 0.6) is 0 Å². The maximum Gasteiger partial charge on any atom is 0.358 e. The van der Waals surface area contributed by atoms with E-state index in [1.54, 1.807) is 0 Å². The Hall–Kier alpha value is -0.830. The second kappa shape index (κ2) is 2.64. The number of rotatable bonds is 2. The fraction of sp³-hybridized carbons (Fsp3) is 0.167. The van der Waals surface area contributed by atoms with E-state index in [0.29, 0.717) is 0 Å². The predicted octanol–water partition coefficient (Wildman–Crippen LogP) is 1.52. The van der Waals surface area contributed by atoms with Crippen molar-refractivity contribution in [3.8, 4) is 0 Å². The molecule has 3 heteroatoms. The zero-order valence-corrected chi connectivity index (χ0v) is 5.60. The van der Waals surface area contributed by atoms with Gasteiger partial charge >= 0.3 is 5.97 Å². The zero-order valence-electron chi connectivity index (χ0n) is 4.78. The molecule has 0 saturated carbocycles. The summed E-state index contributed by atoms with van der Waals surface area (Å²) in [5.41, 5.74) is 0. The average molecular weight is 143 g/mol. The van der Waals surface area contributed by atoms with Crippen molar-refractivity contribution in [1.82, 2.24) is 0 Å². The molecule has 1 aromatic heterocycles. The van der Waals surface area contributed by atoms with Crippen molar-refractivity contribution in [2.24, 2.45) is 0 Å². The van der Waals surface area contributed by atoms with Gasteiger partial charge in [0.1, 0.15) is 10.8 Å². The van der Waals surface area contributed by atoms with Crippen LogP contribution in [0.4, 0.5) is 0 Å². The SMILES string of the molecule is O=C(O)C[s+]1cccc1. The van der Waals surface area contributed by atoms with Gasteiger partial charge in [0.25, 0.3) is 0 Å². The maximum atomic E-state index is 10.1. The first-order chi connectivity index (χ1) is 4.29. The van der Waals surface area contributed by atoms with Gasteiger partial charge in [0, 0.05) is 0 Å². The molecule has 1 aromatic rings. The van der Waals surface area contributed by atoms with Crippen molar-refractivity contribution in [1.29, 1.82) is 0 Å². The molecule has 0 amide bonds. The lowest BCUT2D eigenvalue weighted by Gasteiger charge is -1.78. The Labute approximate surface area is 55.7 Å². The van der Waals surface area contributed by atoms with Gasteiger partial charge < -0.3 is 5.11 Å². The summed E-state index contributed by atoms with van der Waals surface area (Å²) in [5, 5.41) is 12.1. The summed E-state index contributed by atoms with van der Waals surface area (Å²) in [4.78, 5) is 10.1. The average Bonchev–Trinajstić information content (AvgIpc) is 2.15. The molecule has 0 saturated heterocycles. The summed E-state index contributed by atoms with van der Waals surface area (Å²) in [6, 6.07) is 3.76. The monoisotopic (exact) mass is 143 g/mol. The fourth-order valence-corrected chi connectivity index (χ4v) is 1.73. The third-order valence-corrected chi connectivity index (χ3v) is 2.50. The summed E-state index contributed by atoms with van der Waals surface area (Å²) in [6.07, 6.45) is 0. The Morgan fingerprint density at radius 1 is 1.44 bits per heavy atom. The molecule has 1 heterocycles. The molecular formula is C6H7O2S+. The fourth-order valence-electron chi connectivity index (χ4n) is 0.577. The number of thiophene rings is 1. The van der Waals surface area contributed by atoms with Crippen LogP contribution in [-0.2, 0) is 10.5 Å². The highest BCUT2D eigenvalue weighted by Crippen LogP contribution is 2.16. The van der Waals surface area contributed by atoms with Crippen molar-refractivity contribution in [2.75, 3.05) is 0 Å². The topological polar surface area (TPSA) is 37.3 Å². The number of carboxylic acids is 1. The third kappa shape index (κ3) is 1.85. The highest BCUT2D eigenvalue weighted by Gasteiger charge is 2.06. The smallest absolute Gasteiger partial charge is 0.358 e. The summed E-state index contributed by atoms with van der Waals surface area (Å²) in [7, 11) is -0.118. The molecule has 0 spiro atoms. The Balaban J connectivity index is 2.58. The highest BCUT2D eigenvalue weighted by molar-refractivity contribution is 7.28. The lowest BCUT2D eigenvalue weighted by Crippen LogP contribution is -1.92. The summed E-state index contributed by atoms with van der Waals surface area (Å²) >= 11 is 0. The maximum absolute atomic E-state index is 10.1. The van der Waals surface area contributed by atoms with Crippen LogP contribution in [0, 0.1) is 0 Å². The van der Waals surface area contributed by atoms with Crippen LogP contribution in [0.15, 0.2) is 22.9 Å². The zero-order chi connectivity index (χ0) is 6.69. The second-order valence-electron chi connectivity index (χ2n) is 1.66. The van der Waals surface area contributed by atoms with E-state index >= 15 is 0 Å². The number of carbonyl (C=O) groups is 1. The molecule has 0 aliphatic carbocycles. The lowest BCUT2D eigenvalue weighted by molar-refractivity contribution is -0.135. The van der Waals surface area contributed by atoms with Gasteiger partial charge in [0.05, 0.1) is 0 Å². The highest BCUT2D eigenvalue weighted by atomic mass is 32.2. The van der Waals surface area contributed by atoms with Gasteiger partial charge in [0.2, 0.25) is 5.75 Å². The molecule has 9 heavy (non-hydrogen) atoms. The molecule has 2 nitrogen and oxygen atoms in total. The number of hydrogen-bond acceptors (Lipinski definition) is 1. The van der Waals surface area contributed by atoms with Gasteiger partial charge in [-0.2, -0.15) is 0 Å². The minimum atomic E-state index is -0.727. The molecule has 0 radical (unpaired) electrons. The molecule has 0 atom stereocenters. The first-order valence-corrected chi connectivity index (χ1v) is 4.06. The van der Waals surface area contributed by atoms with E-state index in [1.165, 1.54) is 0 Å². The van der Waals surface area contributed by atoms with E-state index in [1.807, 2.05) is 22.9 Å². The Bertz CT molecular complexity index is 191. The van der Waals surface area contributed by atoms with E-state index in [-0.39, 0.29) is 16.2 Å². The van der Waals surface area contributed by atoms with Crippen molar-refractivity contribution in [3.63, 3.8) is 0 Å². The van der Waals surface area contributed by atoms with Crippen molar-refractivity contribution < 1.29 is 9.90 Å². The number of aliphatic carboxylic acids is 1. The van der Waals surface area contributed by atoms with Gasteiger partial charge in [0.15, 0.2) is 0 Å². The lowest BCUT2D eigenvalue weighted by atomic mass is 10.7. The summed E-state index contributed by atoms with van der Waals surface area (Å²) in [5.74, 6) is -0.484.